The Kier molecular flexibility index (Phi) is 5.26. The molecule has 0 aliphatic carbocycles. The van der Waals surface area contributed by atoms with Gasteiger partial charge < -0.3 is 10.1 Å². The Morgan fingerprint density at radius 2 is 2.12 bits per heavy atom. The SMILES string of the molecule is CCCC(C)Oc1ccc(C(C)NC)nc1. The van der Waals surface area contributed by atoms with Crippen molar-refractivity contribution in [3.8, 4) is 5.75 Å². The molecule has 0 aliphatic heterocycles. The van der Waals surface area contributed by atoms with Gasteiger partial charge in [0.15, 0.2) is 0 Å². The van der Waals surface area contributed by atoms with E-state index in [-0.39, 0.29) is 12.1 Å². The van der Waals surface area contributed by atoms with Gasteiger partial charge >= 0.3 is 0 Å². The molecule has 0 saturated carbocycles. The summed E-state index contributed by atoms with van der Waals surface area (Å²) in [4.78, 5) is 4.38. The Labute approximate surface area is 98.2 Å². The number of nitrogens with one attached hydrogen (secondary N) is 1. The number of hydrogen-bond donors (Lipinski definition) is 1. The molecule has 0 saturated heterocycles. The van der Waals surface area contributed by atoms with Crippen LogP contribution in [0.25, 0.3) is 0 Å². The summed E-state index contributed by atoms with van der Waals surface area (Å²) >= 11 is 0. The van der Waals surface area contributed by atoms with Crippen molar-refractivity contribution in [2.75, 3.05) is 7.05 Å². The Bertz CT molecular complexity index is 297. The minimum atomic E-state index is 0.263. The third kappa shape index (κ3) is 3.81. The number of nitrogens with zero attached hydrogens (tertiary/aromatic N) is 1. The van der Waals surface area contributed by atoms with Crippen LogP contribution in [0.3, 0.4) is 0 Å². The molecule has 0 aliphatic rings. The number of hydrogen-bond acceptors (Lipinski definition) is 3. The summed E-state index contributed by atoms with van der Waals surface area (Å²) in [6.45, 7) is 6.34. The fourth-order valence-corrected chi connectivity index (χ4v) is 1.56. The summed E-state index contributed by atoms with van der Waals surface area (Å²) in [5, 5.41) is 3.16. The van der Waals surface area contributed by atoms with Gasteiger partial charge in [0.05, 0.1) is 18.0 Å². The zero-order valence-electron chi connectivity index (χ0n) is 10.7. The van der Waals surface area contributed by atoms with Crippen molar-refractivity contribution >= 4 is 0 Å². The molecule has 0 aromatic carbocycles. The van der Waals surface area contributed by atoms with Gasteiger partial charge in [-0.05, 0) is 39.4 Å². The number of aromatic nitrogens is 1. The Morgan fingerprint density at radius 3 is 2.62 bits per heavy atom. The molecule has 16 heavy (non-hydrogen) atoms. The average Bonchev–Trinajstić information content (AvgIpc) is 2.29. The molecule has 1 rings (SSSR count). The van der Waals surface area contributed by atoms with Crippen LogP contribution in [0.4, 0.5) is 0 Å². The topological polar surface area (TPSA) is 34.1 Å². The van der Waals surface area contributed by atoms with Crippen LogP contribution in [-0.4, -0.2) is 18.1 Å². The third-order valence-corrected chi connectivity index (χ3v) is 2.67. The quantitative estimate of drug-likeness (QED) is 0.803. The number of pyridine rings is 1. The minimum Gasteiger partial charge on any atom is -0.489 e. The minimum absolute atomic E-state index is 0.263. The van der Waals surface area contributed by atoms with E-state index in [1.165, 1.54) is 0 Å². The molecule has 0 fully saturated rings. The lowest BCUT2D eigenvalue weighted by molar-refractivity contribution is 0.209. The highest BCUT2D eigenvalue weighted by Crippen LogP contribution is 2.16. The maximum absolute atomic E-state index is 5.74. The van der Waals surface area contributed by atoms with Crippen LogP contribution in [0.1, 0.15) is 45.3 Å². The number of rotatable bonds is 6. The second-order valence-corrected chi connectivity index (χ2v) is 4.15. The summed E-state index contributed by atoms with van der Waals surface area (Å²) < 4.78 is 5.74. The molecule has 1 heterocycles. The Hall–Kier alpha value is -1.09. The highest BCUT2D eigenvalue weighted by Gasteiger charge is 2.06. The van der Waals surface area contributed by atoms with Crippen molar-refractivity contribution in [1.82, 2.24) is 10.3 Å². The van der Waals surface area contributed by atoms with Gasteiger partial charge in [0.2, 0.25) is 0 Å². The first kappa shape index (κ1) is 13.0. The summed E-state index contributed by atoms with van der Waals surface area (Å²) in [5.41, 5.74) is 1.04. The maximum atomic E-state index is 5.74. The van der Waals surface area contributed by atoms with E-state index in [0.29, 0.717) is 0 Å². The summed E-state index contributed by atoms with van der Waals surface area (Å²) in [6, 6.07) is 4.28. The van der Waals surface area contributed by atoms with Crippen molar-refractivity contribution in [2.45, 2.75) is 45.8 Å². The molecule has 3 heteroatoms. The van der Waals surface area contributed by atoms with Crippen LogP contribution in [0, 0.1) is 0 Å². The van der Waals surface area contributed by atoms with Gasteiger partial charge in [0.1, 0.15) is 5.75 Å². The summed E-state index contributed by atoms with van der Waals surface area (Å²) in [7, 11) is 1.93. The Balaban J connectivity index is 2.57. The van der Waals surface area contributed by atoms with Gasteiger partial charge in [-0.15, -0.1) is 0 Å². The second kappa shape index (κ2) is 6.48. The third-order valence-electron chi connectivity index (χ3n) is 2.67. The maximum Gasteiger partial charge on any atom is 0.138 e. The van der Waals surface area contributed by atoms with Crippen LogP contribution >= 0.6 is 0 Å². The van der Waals surface area contributed by atoms with Gasteiger partial charge in [-0.1, -0.05) is 13.3 Å². The molecule has 2 unspecified atom stereocenters. The number of ether oxygens (including phenoxy) is 1. The normalized spacial score (nSPS) is 14.5. The zero-order valence-corrected chi connectivity index (χ0v) is 10.7. The first-order valence-corrected chi connectivity index (χ1v) is 5.97. The van der Waals surface area contributed by atoms with Crippen molar-refractivity contribution < 1.29 is 4.74 Å². The highest BCUT2D eigenvalue weighted by molar-refractivity contribution is 5.21. The van der Waals surface area contributed by atoms with Crippen molar-refractivity contribution in [2.24, 2.45) is 0 Å². The molecular formula is C13H22N2O. The monoisotopic (exact) mass is 222 g/mol. The highest BCUT2D eigenvalue weighted by atomic mass is 16.5. The van der Waals surface area contributed by atoms with E-state index in [1.54, 1.807) is 6.20 Å². The molecule has 0 spiro atoms. The van der Waals surface area contributed by atoms with Crippen LogP contribution in [0.15, 0.2) is 18.3 Å². The van der Waals surface area contributed by atoms with Crippen LogP contribution in [0.5, 0.6) is 5.75 Å². The average molecular weight is 222 g/mol. The standard InChI is InChI=1S/C13H22N2O/c1-5-6-10(2)16-12-7-8-13(15-9-12)11(3)14-4/h7-11,14H,5-6H2,1-4H3. The van der Waals surface area contributed by atoms with E-state index in [1.807, 2.05) is 19.2 Å². The molecule has 0 bridgehead atoms. The van der Waals surface area contributed by atoms with E-state index < -0.39 is 0 Å². The lowest BCUT2D eigenvalue weighted by Crippen LogP contribution is -2.14. The van der Waals surface area contributed by atoms with E-state index in [2.05, 4.69) is 31.1 Å². The first-order valence-electron chi connectivity index (χ1n) is 5.97. The molecular weight excluding hydrogens is 200 g/mol. The lowest BCUT2D eigenvalue weighted by Gasteiger charge is -2.14. The summed E-state index contributed by atoms with van der Waals surface area (Å²) in [5.74, 6) is 0.855. The van der Waals surface area contributed by atoms with Crippen LogP contribution < -0.4 is 10.1 Å². The predicted molar refractivity (Wildman–Crippen MR) is 66.7 cm³/mol. The molecule has 1 aromatic rings. The van der Waals surface area contributed by atoms with Gasteiger partial charge in [-0.25, -0.2) is 0 Å². The van der Waals surface area contributed by atoms with Gasteiger partial charge in [-0.2, -0.15) is 0 Å². The second-order valence-electron chi connectivity index (χ2n) is 4.15. The van der Waals surface area contributed by atoms with Crippen molar-refractivity contribution in [3.05, 3.63) is 24.0 Å². The van der Waals surface area contributed by atoms with Crippen molar-refractivity contribution in [1.29, 1.82) is 0 Å². The fraction of sp³-hybridized carbons (Fsp3) is 0.615. The fourth-order valence-electron chi connectivity index (χ4n) is 1.56. The zero-order chi connectivity index (χ0) is 12.0. The van der Waals surface area contributed by atoms with Gasteiger partial charge in [-0.3, -0.25) is 4.98 Å². The van der Waals surface area contributed by atoms with Gasteiger partial charge in [0, 0.05) is 6.04 Å². The van der Waals surface area contributed by atoms with E-state index in [4.69, 9.17) is 4.74 Å². The van der Waals surface area contributed by atoms with E-state index in [9.17, 15) is 0 Å². The lowest BCUT2D eigenvalue weighted by atomic mass is 10.2. The van der Waals surface area contributed by atoms with E-state index >= 15 is 0 Å². The molecule has 1 N–H and O–H groups in total. The molecule has 2 atom stereocenters. The van der Waals surface area contributed by atoms with Crippen LogP contribution in [-0.2, 0) is 0 Å². The molecule has 1 aromatic heterocycles. The van der Waals surface area contributed by atoms with E-state index in [0.717, 1.165) is 24.3 Å². The molecule has 0 radical (unpaired) electrons. The van der Waals surface area contributed by atoms with Crippen molar-refractivity contribution in [3.63, 3.8) is 0 Å². The Morgan fingerprint density at radius 1 is 1.38 bits per heavy atom. The summed E-state index contributed by atoms with van der Waals surface area (Å²) in [6.07, 6.45) is 4.28. The molecule has 0 amide bonds. The first-order chi connectivity index (χ1) is 7.67. The van der Waals surface area contributed by atoms with Crippen LogP contribution in [0.2, 0.25) is 0 Å². The molecule has 90 valence electrons. The largest absolute Gasteiger partial charge is 0.489 e. The predicted octanol–water partition coefficient (Wildman–Crippen LogP) is 2.93. The molecule has 3 nitrogen and oxygen atoms in total. The van der Waals surface area contributed by atoms with Gasteiger partial charge in [0.25, 0.3) is 0 Å². The smallest absolute Gasteiger partial charge is 0.138 e.